The zero-order valence-electron chi connectivity index (χ0n) is 12.4. The summed E-state index contributed by atoms with van der Waals surface area (Å²) >= 11 is 13.7. The van der Waals surface area contributed by atoms with Crippen molar-refractivity contribution in [3.8, 4) is 0 Å². The van der Waals surface area contributed by atoms with Gasteiger partial charge in [-0.2, -0.15) is 5.10 Å². The van der Waals surface area contributed by atoms with Crippen molar-refractivity contribution in [2.45, 2.75) is 44.3 Å². The molecule has 0 heterocycles. The van der Waals surface area contributed by atoms with E-state index >= 15 is 0 Å². The molecule has 1 amide bonds. The maximum atomic E-state index is 11.8. The quantitative estimate of drug-likeness (QED) is 0.590. The third kappa shape index (κ3) is 5.82. The molecule has 1 aromatic rings. The van der Waals surface area contributed by atoms with E-state index in [1.165, 1.54) is 37.4 Å². The number of hydrazone groups is 1. The number of hydrogen-bond donors (Lipinski definition) is 1. The molecular weight excluding hydrogens is 339 g/mol. The van der Waals surface area contributed by atoms with Gasteiger partial charge in [0.15, 0.2) is 0 Å². The summed E-state index contributed by atoms with van der Waals surface area (Å²) in [6.07, 6.45) is 6.89. The molecule has 2 rings (SSSR count). The van der Waals surface area contributed by atoms with Crippen LogP contribution in [0, 0.1) is 0 Å². The molecule has 0 aromatic heterocycles. The van der Waals surface area contributed by atoms with E-state index < -0.39 is 0 Å². The summed E-state index contributed by atoms with van der Waals surface area (Å²) in [5, 5.41) is 5.53. The Morgan fingerprint density at radius 2 is 1.77 bits per heavy atom. The molecule has 3 nitrogen and oxygen atoms in total. The average Bonchev–Trinajstić information content (AvgIpc) is 2.77. The summed E-state index contributed by atoms with van der Waals surface area (Å²) in [5.41, 5.74) is 4.65. The normalized spacial score (nSPS) is 15.3. The number of carbonyl (C=O) groups is 1. The van der Waals surface area contributed by atoms with Gasteiger partial charge >= 0.3 is 0 Å². The number of thioether (sulfide) groups is 1. The lowest BCUT2D eigenvalue weighted by molar-refractivity contribution is -0.118. The van der Waals surface area contributed by atoms with Gasteiger partial charge in [-0.15, -0.1) is 11.8 Å². The van der Waals surface area contributed by atoms with Gasteiger partial charge in [0.1, 0.15) is 0 Å². The second-order valence-corrected chi connectivity index (χ2v) is 7.12. The molecular formula is C16H20Cl2N2OS. The Hall–Kier alpha value is -0.710. The van der Waals surface area contributed by atoms with Gasteiger partial charge in [0.25, 0.3) is 0 Å². The van der Waals surface area contributed by atoms with Crippen molar-refractivity contribution >= 4 is 46.6 Å². The molecule has 0 saturated heterocycles. The molecule has 1 aliphatic rings. The standard InChI is InChI=1S/C16H20Cl2N2OS/c17-14-8-5-9-15(18)13(14)10-22-11-16(21)20-19-12-6-3-1-2-4-7-12/h5,8-9H,1-4,6-7,10-11H2,(H,20,21). The highest BCUT2D eigenvalue weighted by Gasteiger charge is 2.09. The first-order valence-electron chi connectivity index (χ1n) is 7.51. The third-order valence-corrected chi connectivity index (χ3v) is 5.23. The fourth-order valence-corrected chi connectivity index (χ4v) is 3.89. The molecule has 0 spiro atoms. The predicted molar refractivity (Wildman–Crippen MR) is 95.9 cm³/mol. The fraction of sp³-hybridized carbons (Fsp3) is 0.500. The number of benzene rings is 1. The maximum absolute atomic E-state index is 11.8. The van der Waals surface area contributed by atoms with Crippen LogP contribution >= 0.6 is 35.0 Å². The molecule has 0 atom stereocenters. The minimum absolute atomic E-state index is 0.0788. The van der Waals surface area contributed by atoms with Crippen LogP contribution in [0.5, 0.6) is 0 Å². The maximum Gasteiger partial charge on any atom is 0.250 e. The highest BCUT2D eigenvalue weighted by molar-refractivity contribution is 7.99. The van der Waals surface area contributed by atoms with Crippen molar-refractivity contribution < 1.29 is 4.79 Å². The van der Waals surface area contributed by atoms with Crippen molar-refractivity contribution in [2.24, 2.45) is 5.10 Å². The van der Waals surface area contributed by atoms with Crippen molar-refractivity contribution in [1.82, 2.24) is 5.43 Å². The predicted octanol–water partition coefficient (Wildman–Crippen LogP) is 5.05. The van der Waals surface area contributed by atoms with Crippen LogP contribution < -0.4 is 5.43 Å². The summed E-state index contributed by atoms with van der Waals surface area (Å²) in [6.45, 7) is 0. The molecule has 0 bridgehead atoms. The van der Waals surface area contributed by atoms with Crippen molar-refractivity contribution in [3.05, 3.63) is 33.8 Å². The molecule has 1 fully saturated rings. The largest absolute Gasteiger partial charge is 0.272 e. The second kappa shape index (κ2) is 9.43. The summed E-state index contributed by atoms with van der Waals surface area (Å²) in [7, 11) is 0. The summed E-state index contributed by atoms with van der Waals surface area (Å²) < 4.78 is 0. The minimum Gasteiger partial charge on any atom is -0.272 e. The number of carbonyl (C=O) groups excluding carboxylic acids is 1. The Morgan fingerprint density at radius 1 is 1.14 bits per heavy atom. The van der Waals surface area contributed by atoms with E-state index in [2.05, 4.69) is 10.5 Å². The molecule has 0 radical (unpaired) electrons. The van der Waals surface area contributed by atoms with Crippen LogP contribution in [0.1, 0.15) is 44.1 Å². The Labute approximate surface area is 145 Å². The van der Waals surface area contributed by atoms with Gasteiger partial charge in [0.05, 0.1) is 5.75 Å². The lowest BCUT2D eigenvalue weighted by Gasteiger charge is -2.07. The van der Waals surface area contributed by atoms with E-state index in [1.807, 2.05) is 6.07 Å². The lowest BCUT2D eigenvalue weighted by Crippen LogP contribution is -2.21. The molecule has 0 aliphatic heterocycles. The number of nitrogens with zero attached hydrogens (tertiary/aromatic N) is 1. The molecule has 1 aromatic carbocycles. The van der Waals surface area contributed by atoms with Crippen molar-refractivity contribution in [3.63, 3.8) is 0 Å². The highest BCUT2D eigenvalue weighted by Crippen LogP contribution is 2.28. The zero-order chi connectivity index (χ0) is 15.8. The summed E-state index contributed by atoms with van der Waals surface area (Å²) in [5.74, 6) is 0.880. The molecule has 120 valence electrons. The van der Waals surface area contributed by atoms with Gasteiger partial charge < -0.3 is 0 Å². The van der Waals surface area contributed by atoms with Gasteiger partial charge in [-0.1, -0.05) is 42.1 Å². The molecule has 0 unspecified atom stereocenters. The summed E-state index contributed by atoms with van der Waals surface area (Å²) in [4.78, 5) is 11.8. The van der Waals surface area contributed by atoms with E-state index in [0.717, 1.165) is 24.1 Å². The Bertz CT molecular complexity index is 519. The molecule has 6 heteroatoms. The molecule has 1 N–H and O–H groups in total. The van der Waals surface area contributed by atoms with Crippen LogP contribution in [0.4, 0.5) is 0 Å². The number of halogens is 2. The number of hydrogen-bond acceptors (Lipinski definition) is 3. The van der Waals surface area contributed by atoms with Crippen LogP contribution in [0.3, 0.4) is 0 Å². The van der Waals surface area contributed by atoms with Gasteiger partial charge in [-0.25, -0.2) is 5.43 Å². The number of nitrogens with one attached hydrogen (secondary N) is 1. The smallest absolute Gasteiger partial charge is 0.250 e. The second-order valence-electron chi connectivity index (χ2n) is 5.32. The van der Waals surface area contributed by atoms with Crippen LogP contribution in [0.2, 0.25) is 10.0 Å². The molecule has 1 saturated carbocycles. The van der Waals surface area contributed by atoms with E-state index in [4.69, 9.17) is 23.2 Å². The molecule has 22 heavy (non-hydrogen) atoms. The average molecular weight is 359 g/mol. The van der Waals surface area contributed by atoms with Gasteiger partial charge in [-0.05, 0) is 43.4 Å². The first kappa shape index (κ1) is 17.6. The third-order valence-electron chi connectivity index (χ3n) is 3.56. The van der Waals surface area contributed by atoms with Crippen molar-refractivity contribution in [2.75, 3.05) is 5.75 Å². The monoisotopic (exact) mass is 358 g/mol. The fourth-order valence-electron chi connectivity index (χ4n) is 2.34. The lowest BCUT2D eigenvalue weighted by atomic mass is 10.2. The topological polar surface area (TPSA) is 41.5 Å². The minimum atomic E-state index is -0.0788. The SMILES string of the molecule is O=C(CSCc1c(Cl)cccc1Cl)NN=C1CCCCCC1. The Morgan fingerprint density at radius 3 is 2.41 bits per heavy atom. The highest BCUT2D eigenvalue weighted by atomic mass is 35.5. The van der Waals surface area contributed by atoms with Gasteiger partial charge in [0.2, 0.25) is 5.91 Å². The first-order chi connectivity index (χ1) is 10.7. The van der Waals surface area contributed by atoms with E-state index in [9.17, 15) is 4.79 Å². The van der Waals surface area contributed by atoms with E-state index in [-0.39, 0.29) is 5.91 Å². The molecule has 1 aliphatic carbocycles. The Balaban J connectivity index is 1.75. The van der Waals surface area contributed by atoms with E-state index in [1.54, 1.807) is 12.1 Å². The van der Waals surface area contributed by atoms with Crippen LogP contribution in [-0.2, 0) is 10.5 Å². The zero-order valence-corrected chi connectivity index (χ0v) is 14.7. The van der Waals surface area contributed by atoms with E-state index in [0.29, 0.717) is 21.6 Å². The first-order valence-corrected chi connectivity index (χ1v) is 9.43. The summed E-state index contributed by atoms with van der Waals surface area (Å²) in [6, 6.07) is 5.43. The van der Waals surface area contributed by atoms with Crippen LogP contribution in [0.15, 0.2) is 23.3 Å². The van der Waals surface area contributed by atoms with Crippen molar-refractivity contribution in [1.29, 1.82) is 0 Å². The number of rotatable bonds is 5. The Kier molecular flexibility index (Phi) is 7.56. The van der Waals surface area contributed by atoms with Gasteiger partial charge in [0, 0.05) is 21.5 Å². The number of amides is 1. The van der Waals surface area contributed by atoms with Gasteiger partial charge in [-0.3, -0.25) is 4.79 Å². The van der Waals surface area contributed by atoms with Crippen LogP contribution in [0.25, 0.3) is 0 Å². The van der Waals surface area contributed by atoms with Crippen LogP contribution in [-0.4, -0.2) is 17.4 Å².